The normalized spacial score (nSPS) is 25.1. The van der Waals surface area contributed by atoms with E-state index in [0.717, 1.165) is 50.5 Å². The predicted molar refractivity (Wildman–Crippen MR) is 117 cm³/mol. The number of amides is 4. The van der Waals surface area contributed by atoms with Crippen LogP contribution in [0.3, 0.4) is 0 Å². The van der Waals surface area contributed by atoms with Gasteiger partial charge in [0.2, 0.25) is 11.8 Å². The minimum Gasteiger partial charge on any atom is -0.339 e. The number of imide groups is 1. The average molecular weight is 439 g/mol. The number of hydrogen-bond acceptors (Lipinski definition) is 5. The lowest BCUT2D eigenvalue weighted by atomic mass is 9.79. The summed E-state index contributed by atoms with van der Waals surface area (Å²) in [7, 11) is 0. The molecule has 0 aromatic heterocycles. The minimum absolute atomic E-state index is 0.0171. The smallest absolute Gasteiger partial charge is 0.255 e. The second kappa shape index (κ2) is 8.65. The van der Waals surface area contributed by atoms with Crippen LogP contribution in [0.5, 0.6) is 0 Å². The van der Waals surface area contributed by atoms with Crippen molar-refractivity contribution >= 4 is 23.6 Å². The van der Waals surface area contributed by atoms with Crippen molar-refractivity contribution in [3.05, 3.63) is 34.9 Å². The van der Waals surface area contributed by atoms with Crippen LogP contribution in [-0.2, 0) is 16.1 Å². The molecule has 170 valence electrons. The van der Waals surface area contributed by atoms with Crippen molar-refractivity contribution in [2.75, 3.05) is 26.2 Å². The maximum absolute atomic E-state index is 13.2. The molecule has 1 aromatic rings. The zero-order chi connectivity index (χ0) is 22.2. The molecule has 4 amide bonds. The molecule has 1 aromatic carbocycles. The van der Waals surface area contributed by atoms with Gasteiger partial charge in [0.15, 0.2) is 0 Å². The number of fused-ring (bicyclic) bond motifs is 1. The molecular formula is C24H30N4O4. The van der Waals surface area contributed by atoms with E-state index in [0.29, 0.717) is 30.0 Å². The molecule has 1 atom stereocenters. The van der Waals surface area contributed by atoms with E-state index in [1.54, 1.807) is 18.2 Å². The number of carbonyl (C=O) groups excluding carboxylic acids is 4. The fourth-order valence-electron chi connectivity index (χ4n) is 5.78. The maximum atomic E-state index is 13.2. The van der Waals surface area contributed by atoms with Gasteiger partial charge in [-0.3, -0.25) is 24.5 Å². The summed E-state index contributed by atoms with van der Waals surface area (Å²) in [5.41, 5.74) is 1.91. The van der Waals surface area contributed by atoms with Gasteiger partial charge in [0, 0.05) is 37.2 Å². The zero-order valence-electron chi connectivity index (χ0n) is 18.3. The number of benzene rings is 1. The highest BCUT2D eigenvalue weighted by atomic mass is 16.2. The molecule has 2 N–H and O–H groups in total. The summed E-state index contributed by atoms with van der Waals surface area (Å²) in [4.78, 5) is 53.1. The van der Waals surface area contributed by atoms with Crippen molar-refractivity contribution in [1.82, 2.24) is 20.4 Å². The molecule has 3 fully saturated rings. The molecule has 5 rings (SSSR count). The van der Waals surface area contributed by atoms with Crippen LogP contribution in [0.1, 0.15) is 64.8 Å². The van der Waals surface area contributed by atoms with Crippen LogP contribution >= 0.6 is 0 Å². The Morgan fingerprint density at radius 2 is 1.66 bits per heavy atom. The fraction of sp³-hybridized carbons (Fsp3) is 0.583. The van der Waals surface area contributed by atoms with Crippen LogP contribution in [0.15, 0.2) is 18.2 Å². The first-order valence-corrected chi connectivity index (χ1v) is 11.8. The number of nitrogens with zero attached hydrogens (tertiary/aromatic N) is 2. The standard InChI is InChI=1S/C24H30N4O4/c29-21-4-3-20(22(30)26-21)28-14-18-13-17(1-2-19(18)24(28)32)23(31)27-11-7-16(8-12-27)15-5-9-25-10-6-15/h1-2,13,15-16,20,25H,3-12,14H2,(H,26,29,30). The largest absolute Gasteiger partial charge is 0.339 e. The Labute approximate surface area is 187 Å². The Morgan fingerprint density at radius 1 is 0.938 bits per heavy atom. The summed E-state index contributed by atoms with van der Waals surface area (Å²) in [6.07, 6.45) is 5.16. The van der Waals surface area contributed by atoms with E-state index in [1.165, 1.54) is 17.7 Å². The first kappa shape index (κ1) is 21.1. The third-order valence-electron chi connectivity index (χ3n) is 7.65. The molecule has 4 aliphatic rings. The molecule has 1 unspecified atom stereocenters. The SMILES string of the molecule is O=C1CCC(N2Cc3cc(C(=O)N4CCC(C5CCNCC5)CC4)ccc3C2=O)C(=O)N1. The van der Waals surface area contributed by atoms with E-state index >= 15 is 0 Å². The fourth-order valence-corrected chi connectivity index (χ4v) is 5.78. The van der Waals surface area contributed by atoms with Gasteiger partial charge in [-0.15, -0.1) is 0 Å². The highest BCUT2D eigenvalue weighted by molar-refractivity contribution is 6.06. The summed E-state index contributed by atoms with van der Waals surface area (Å²) in [6.45, 7) is 4.07. The molecular weight excluding hydrogens is 408 g/mol. The molecule has 4 aliphatic heterocycles. The van der Waals surface area contributed by atoms with Crippen molar-refractivity contribution in [3.8, 4) is 0 Å². The van der Waals surface area contributed by atoms with E-state index in [4.69, 9.17) is 0 Å². The molecule has 0 radical (unpaired) electrons. The number of piperidine rings is 3. The number of rotatable bonds is 3. The van der Waals surface area contributed by atoms with E-state index in [1.807, 2.05) is 4.90 Å². The van der Waals surface area contributed by atoms with E-state index < -0.39 is 11.9 Å². The summed E-state index contributed by atoms with van der Waals surface area (Å²) >= 11 is 0. The van der Waals surface area contributed by atoms with Crippen LogP contribution in [-0.4, -0.2) is 65.6 Å². The van der Waals surface area contributed by atoms with Gasteiger partial charge in [0.05, 0.1) is 0 Å². The molecule has 3 saturated heterocycles. The molecule has 4 heterocycles. The van der Waals surface area contributed by atoms with Crippen molar-refractivity contribution in [1.29, 1.82) is 0 Å². The Balaban J connectivity index is 1.23. The number of carbonyl (C=O) groups is 4. The number of likely N-dealkylation sites (tertiary alicyclic amines) is 1. The third kappa shape index (κ3) is 3.92. The van der Waals surface area contributed by atoms with Gasteiger partial charge >= 0.3 is 0 Å². The monoisotopic (exact) mass is 438 g/mol. The van der Waals surface area contributed by atoms with Gasteiger partial charge in [0.1, 0.15) is 6.04 Å². The first-order valence-electron chi connectivity index (χ1n) is 11.8. The van der Waals surface area contributed by atoms with Crippen molar-refractivity contribution in [2.24, 2.45) is 11.8 Å². The molecule has 8 heteroatoms. The van der Waals surface area contributed by atoms with E-state index in [-0.39, 0.29) is 24.1 Å². The average Bonchev–Trinajstić information content (AvgIpc) is 3.15. The Hall–Kier alpha value is -2.74. The molecule has 0 aliphatic carbocycles. The van der Waals surface area contributed by atoms with Crippen LogP contribution in [0.25, 0.3) is 0 Å². The second-order valence-corrected chi connectivity index (χ2v) is 9.49. The van der Waals surface area contributed by atoms with Gasteiger partial charge in [-0.05, 0) is 80.8 Å². The highest BCUT2D eigenvalue weighted by Crippen LogP contribution is 2.32. The van der Waals surface area contributed by atoms with Crippen LogP contribution in [0.2, 0.25) is 0 Å². The van der Waals surface area contributed by atoms with E-state index in [2.05, 4.69) is 10.6 Å². The molecule has 8 nitrogen and oxygen atoms in total. The summed E-state index contributed by atoms with van der Waals surface area (Å²) < 4.78 is 0. The van der Waals surface area contributed by atoms with Gasteiger partial charge < -0.3 is 15.1 Å². The van der Waals surface area contributed by atoms with Crippen molar-refractivity contribution < 1.29 is 19.2 Å². The van der Waals surface area contributed by atoms with Crippen LogP contribution in [0, 0.1) is 11.8 Å². The molecule has 32 heavy (non-hydrogen) atoms. The quantitative estimate of drug-likeness (QED) is 0.693. The Kier molecular flexibility index (Phi) is 5.71. The molecule has 0 saturated carbocycles. The second-order valence-electron chi connectivity index (χ2n) is 9.49. The molecule has 0 bridgehead atoms. The van der Waals surface area contributed by atoms with Gasteiger partial charge in [-0.25, -0.2) is 0 Å². The summed E-state index contributed by atoms with van der Waals surface area (Å²) in [5.74, 6) is 0.570. The first-order chi connectivity index (χ1) is 15.5. The Bertz CT molecular complexity index is 947. The van der Waals surface area contributed by atoms with Crippen LogP contribution in [0.4, 0.5) is 0 Å². The topological polar surface area (TPSA) is 98.8 Å². The number of nitrogens with one attached hydrogen (secondary N) is 2. The van der Waals surface area contributed by atoms with Gasteiger partial charge in [-0.1, -0.05) is 0 Å². The Morgan fingerprint density at radius 3 is 2.38 bits per heavy atom. The van der Waals surface area contributed by atoms with Crippen molar-refractivity contribution in [3.63, 3.8) is 0 Å². The predicted octanol–water partition coefficient (Wildman–Crippen LogP) is 1.30. The summed E-state index contributed by atoms with van der Waals surface area (Å²) in [5, 5.41) is 5.74. The maximum Gasteiger partial charge on any atom is 0.255 e. The lowest BCUT2D eigenvalue weighted by molar-refractivity contribution is -0.136. The van der Waals surface area contributed by atoms with E-state index in [9.17, 15) is 19.2 Å². The molecule has 0 spiro atoms. The lowest BCUT2D eigenvalue weighted by Crippen LogP contribution is -2.52. The highest BCUT2D eigenvalue weighted by Gasteiger charge is 2.39. The third-order valence-corrected chi connectivity index (χ3v) is 7.65. The summed E-state index contributed by atoms with van der Waals surface area (Å²) in [6, 6.07) is 4.60. The van der Waals surface area contributed by atoms with Gasteiger partial charge in [0.25, 0.3) is 11.8 Å². The minimum atomic E-state index is -0.638. The zero-order valence-corrected chi connectivity index (χ0v) is 18.3. The number of hydrogen-bond donors (Lipinski definition) is 2. The lowest BCUT2D eigenvalue weighted by Gasteiger charge is -2.37. The van der Waals surface area contributed by atoms with Crippen molar-refractivity contribution in [2.45, 2.75) is 51.1 Å². The van der Waals surface area contributed by atoms with Crippen LogP contribution < -0.4 is 10.6 Å². The van der Waals surface area contributed by atoms with Gasteiger partial charge in [-0.2, -0.15) is 0 Å².